The lowest BCUT2D eigenvalue weighted by Crippen LogP contribution is -2.25. The molecule has 4 nitrogen and oxygen atoms in total. The third-order valence-corrected chi connectivity index (χ3v) is 2.22. The number of carbonyl (C=O) groups is 2. The SMILES string of the molecule is O=C1CC(=O)N(c2c(O)cccc2F)C1. The summed E-state index contributed by atoms with van der Waals surface area (Å²) in [6, 6.07) is 3.73. The second-order valence-corrected chi connectivity index (χ2v) is 3.30. The molecule has 1 aromatic rings. The molecule has 1 aromatic carbocycles. The largest absolute Gasteiger partial charge is 0.506 e. The number of hydrogen-bond donors (Lipinski definition) is 1. The third kappa shape index (κ3) is 1.56. The number of aromatic hydroxyl groups is 1. The zero-order chi connectivity index (χ0) is 11.0. The van der Waals surface area contributed by atoms with Gasteiger partial charge in [-0.05, 0) is 12.1 Å². The number of rotatable bonds is 1. The Balaban J connectivity index is 2.46. The molecular formula is C10H8FNO3. The Kier molecular flexibility index (Phi) is 2.15. The molecule has 1 aliphatic rings. The summed E-state index contributed by atoms with van der Waals surface area (Å²) in [5.41, 5.74) is -0.214. The van der Waals surface area contributed by atoms with E-state index >= 15 is 0 Å². The number of anilines is 1. The van der Waals surface area contributed by atoms with Crippen LogP contribution >= 0.6 is 0 Å². The van der Waals surface area contributed by atoms with Crippen LogP contribution in [0.15, 0.2) is 18.2 Å². The van der Waals surface area contributed by atoms with Crippen molar-refractivity contribution in [1.82, 2.24) is 0 Å². The van der Waals surface area contributed by atoms with Gasteiger partial charge in [0.25, 0.3) is 0 Å². The molecule has 1 saturated heterocycles. The summed E-state index contributed by atoms with van der Waals surface area (Å²) in [6.45, 7) is -0.173. The van der Waals surface area contributed by atoms with Crippen molar-refractivity contribution in [2.45, 2.75) is 6.42 Å². The molecule has 78 valence electrons. The molecule has 0 aromatic heterocycles. The molecule has 0 bridgehead atoms. The van der Waals surface area contributed by atoms with Gasteiger partial charge in [0, 0.05) is 0 Å². The number of benzene rings is 1. The van der Waals surface area contributed by atoms with Crippen molar-refractivity contribution < 1.29 is 19.1 Å². The number of carbonyl (C=O) groups excluding carboxylic acids is 2. The van der Waals surface area contributed by atoms with Gasteiger partial charge in [-0.3, -0.25) is 14.5 Å². The molecule has 0 saturated carbocycles. The number of Topliss-reactive ketones (excluding diaryl/α,β-unsaturated/α-hetero) is 1. The van der Waals surface area contributed by atoms with Crippen LogP contribution in [0.25, 0.3) is 0 Å². The molecule has 0 radical (unpaired) electrons. The molecule has 1 heterocycles. The van der Waals surface area contributed by atoms with Crippen LogP contribution in [-0.2, 0) is 9.59 Å². The average molecular weight is 209 g/mol. The van der Waals surface area contributed by atoms with Crippen LogP contribution < -0.4 is 4.90 Å². The Morgan fingerprint density at radius 3 is 2.60 bits per heavy atom. The van der Waals surface area contributed by atoms with Gasteiger partial charge in [0.15, 0.2) is 11.6 Å². The topological polar surface area (TPSA) is 57.6 Å². The molecule has 0 unspecified atom stereocenters. The van der Waals surface area contributed by atoms with Crippen molar-refractivity contribution >= 4 is 17.4 Å². The van der Waals surface area contributed by atoms with E-state index in [2.05, 4.69) is 0 Å². The number of ketones is 1. The van der Waals surface area contributed by atoms with Crippen molar-refractivity contribution in [3.8, 4) is 5.75 Å². The number of nitrogens with zero attached hydrogens (tertiary/aromatic N) is 1. The Bertz CT molecular complexity index is 424. The summed E-state index contributed by atoms with van der Waals surface area (Å²) in [6.07, 6.45) is -0.228. The number of amides is 1. The Hall–Kier alpha value is -1.91. The summed E-state index contributed by atoms with van der Waals surface area (Å²) in [5.74, 6) is -1.81. The maximum atomic E-state index is 13.3. The monoisotopic (exact) mass is 209 g/mol. The molecule has 0 spiro atoms. The normalized spacial score (nSPS) is 16.2. The molecule has 1 fully saturated rings. The van der Waals surface area contributed by atoms with Gasteiger partial charge >= 0.3 is 0 Å². The van der Waals surface area contributed by atoms with Crippen LogP contribution in [-0.4, -0.2) is 23.3 Å². The van der Waals surface area contributed by atoms with Crippen molar-refractivity contribution in [2.75, 3.05) is 11.4 Å². The maximum absolute atomic E-state index is 13.3. The van der Waals surface area contributed by atoms with Crippen molar-refractivity contribution in [3.05, 3.63) is 24.0 Å². The van der Waals surface area contributed by atoms with E-state index in [9.17, 15) is 19.1 Å². The fraction of sp³-hybridized carbons (Fsp3) is 0.200. The fourth-order valence-electron chi connectivity index (χ4n) is 1.56. The lowest BCUT2D eigenvalue weighted by atomic mass is 10.2. The highest BCUT2D eigenvalue weighted by Crippen LogP contribution is 2.32. The highest BCUT2D eigenvalue weighted by molar-refractivity contribution is 6.15. The van der Waals surface area contributed by atoms with Gasteiger partial charge in [-0.15, -0.1) is 0 Å². The van der Waals surface area contributed by atoms with Crippen LogP contribution in [0, 0.1) is 5.82 Å². The predicted octanol–water partition coefficient (Wildman–Crippen LogP) is 0.837. The number of hydrogen-bond acceptors (Lipinski definition) is 3. The molecule has 2 rings (SSSR count). The number of halogens is 1. The molecule has 0 atom stereocenters. The minimum absolute atomic E-state index is 0.173. The van der Waals surface area contributed by atoms with Crippen LogP contribution in [0.2, 0.25) is 0 Å². The summed E-state index contributed by atoms with van der Waals surface area (Å²) in [4.78, 5) is 23.3. The van der Waals surface area contributed by atoms with Gasteiger partial charge in [-0.1, -0.05) is 6.07 Å². The lowest BCUT2D eigenvalue weighted by molar-refractivity contribution is -0.121. The van der Waals surface area contributed by atoms with Gasteiger partial charge < -0.3 is 5.11 Å². The maximum Gasteiger partial charge on any atom is 0.235 e. The van der Waals surface area contributed by atoms with E-state index in [0.717, 1.165) is 11.0 Å². The standard InChI is InChI=1S/C10H8FNO3/c11-7-2-1-3-8(14)10(7)12-5-6(13)4-9(12)15/h1-3,14H,4-5H2. The van der Waals surface area contributed by atoms with E-state index in [1.807, 2.05) is 0 Å². The smallest absolute Gasteiger partial charge is 0.235 e. The first-order chi connectivity index (χ1) is 7.09. The van der Waals surface area contributed by atoms with Crippen molar-refractivity contribution in [2.24, 2.45) is 0 Å². The minimum atomic E-state index is -0.710. The van der Waals surface area contributed by atoms with Crippen LogP contribution in [0.3, 0.4) is 0 Å². The van der Waals surface area contributed by atoms with Crippen molar-refractivity contribution in [3.63, 3.8) is 0 Å². The Morgan fingerprint density at radius 2 is 2.07 bits per heavy atom. The Morgan fingerprint density at radius 1 is 1.33 bits per heavy atom. The summed E-state index contributed by atoms with van der Waals surface area (Å²) in [5, 5.41) is 9.41. The molecule has 15 heavy (non-hydrogen) atoms. The van der Waals surface area contributed by atoms with Gasteiger partial charge in [0.05, 0.1) is 13.0 Å². The first-order valence-corrected chi connectivity index (χ1v) is 4.39. The highest BCUT2D eigenvalue weighted by Gasteiger charge is 2.31. The Labute approximate surface area is 84.9 Å². The second-order valence-electron chi connectivity index (χ2n) is 3.30. The van der Waals surface area contributed by atoms with E-state index in [1.54, 1.807) is 0 Å². The lowest BCUT2D eigenvalue weighted by Gasteiger charge is -2.16. The molecule has 5 heteroatoms. The van der Waals surface area contributed by atoms with E-state index < -0.39 is 11.7 Å². The highest BCUT2D eigenvalue weighted by atomic mass is 19.1. The third-order valence-electron chi connectivity index (χ3n) is 2.22. The average Bonchev–Trinajstić information content (AvgIpc) is 2.45. The summed E-state index contributed by atoms with van der Waals surface area (Å²) < 4.78 is 13.3. The summed E-state index contributed by atoms with van der Waals surface area (Å²) in [7, 11) is 0. The van der Waals surface area contributed by atoms with Gasteiger partial charge in [-0.25, -0.2) is 4.39 Å². The number of phenols is 1. The van der Waals surface area contributed by atoms with Crippen LogP contribution in [0.5, 0.6) is 5.75 Å². The zero-order valence-electron chi connectivity index (χ0n) is 7.74. The quantitative estimate of drug-likeness (QED) is 0.697. The minimum Gasteiger partial charge on any atom is -0.506 e. The zero-order valence-corrected chi connectivity index (χ0v) is 7.74. The van der Waals surface area contributed by atoms with E-state index in [1.165, 1.54) is 12.1 Å². The van der Waals surface area contributed by atoms with Gasteiger partial charge in [-0.2, -0.15) is 0 Å². The second kappa shape index (κ2) is 3.34. The number of para-hydroxylation sites is 1. The fourth-order valence-corrected chi connectivity index (χ4v) is 1.56. The van der Waals surface area contributed by atoms with Crippen LogP contribution in [0.4, 0.5) is 10.1 Å². The van der Waals surface area contributed by atoms with Crippen molar-refractivity contribution in [1.29, 1.82) is 0 Å². The molecule has 1 N–H and O–H groups in total. The first kappa shape index (κ1) is 9.64. The van der Waals surface area contributed by atoms with Crippen LogP contribution in [0.1, 0.15) is 6.42 Å². The first-order valence-electron chi connectivity index (χ1n) is 4.39. The molecular weight excluding hydrogens is 201 g/mol. The van der Waals surface area contributed by atoms with Gasteiger partial charge in [0.2, 0.25) is 5.91 Å². The van der Waals surface area contributed by atoms with E-state index in [4.69, 9.17) is 0 Å². The van der Waals surface area contributed by atoms with Gasteiger partial charge in [0.1, 0.15) is 11.4 Å². The molecule has 1 aliphatic heterocycles. The summed E-state index contributed by atoms with van der Waals surface area (Å²) >= 11 is 0. The van der Waals surface area contributed by atoms with E-state index in [-0.39, 0.29) is 30.2 Å². The molecule has 0 aliphatic carbocycles. The number of phenolic OH excluding ortho intramolecular Hbond substituents is 1. The van der Waals surface area contributed by atoms with E-state index in [0.29, 0.717) is 0 Å². The predicted molar refractivity (Wildman–Crippen MR) is 50.0 cm³/mol. The molecule has 1 amide bonds.